The first-order valence-electron chi connectivity index (χ1n) is 8.33. The number of carbonyl (C=O) groups is 1. The van der Waals surface area contributed by atoms with Crippen LogP contribution in [0, 0.1) is 0 Å². The maximum absolute atomic E-state index is 12.6. The topological polar surface area (TPSA) is 34.0 Å². The first-order chi connectivity index (χ1) is 11.8. The van der Waals surface area contributed by atoms with Crippen LogP contribution in [0.25, 0.3) is 0 Å². The van der Waals surface area contributed by atoms with E-state index in [-0.39, 0.29) is 11.9 Å². The van der Waals surface area contributed by atoms with Crippen LogP contribution in [0.3, 0.4) is 0 Å². The van der Waals surface area contributed by atoms with Gasteiger partial charge >= 0.3 is 0 Å². The van der Waals surface area contributed by atoms with Gasteiger partial charge in [0.05, 0.1) is 12.5 Å². The van der Waals surface area contributed by atoms with E-state index in [0.717, 1.165) is 23.2 Å². The van der Waals surface area contributed by atoms with Gasteiger partial charge in [-0.05, 0) is 35.7 Å². The Balaban J connectivity index is 1.79. The molecular formula is C21H22N2O. The summed E-state index contributed by atoms with van der Waals surface area (Å²) in [7, 11) is 0. The van der Waals surface area contributed by atoms with Gasteiger partial charge in [-0.15, -0.1) is 0 Å². The van der Waals surface area contributed by atoms with Crippen molar-refractivity contribution in [2.24, 2.45) is 0 Å². The zero-order valence-corrected chi connectivity index (χ0v) is 13.9. The highest BCUT2D eigenvalue weighted by molar-refractivity contribution is 5.92. The van der Waals surface area contributed by atoms with E-state index < -0.39 is 0 Å². The minimum absolute atomic E-state index is 0.00464. The summed E-state index contributed by atoms with van der Waals surface area (Å²) in [5.41, 5.74) is 3.19. The van der Waals surface area contributed by atoms with Crippen molar-refractivity contribution in [3.8, 4) is 0 Å². The molecule has 0 fully saturated rings. The number of amides is 1. The lowest BCUT2D eigenvalue weighted by atomic mass is 10.0. The molecule has 1 heterocycles. The van der Waals surface area contributed by atoms with Crippen LogP contribution < -0.4 is 5.32 Å². The van der Waals surface area contributed by atoms with Crippen LogP contribution in [-0.2, 0) is 11.2 Å². The van der Waals surface area contributed by atoms with Crippen molar-refractivity contribution in [3.05, 3.63) is 90.3 Å². The van der Waals surface area contributed by atoms with Crippen molar-refractivity contribution in [2.75, 3.05) is 5.32 Å². The summed E-state index contributed by atoms with van der Waals surface area (Å²) in [5.74, 6) is 0.0263. The molecule has 2 aromatic carbocycles. The molecule has 0 aliphatic heterocycles. The number of aryl methyl sites for hydroxylation is 1. The molecular weight excluding hydrogens is 296 g/mol. The van der Waals surface area contributed by atoms with Gasteiger partial charge in [-0.25, -0.2) is 0 Å². The van der Waals surface area contributed by atoms with Gasteiger partial charge in [0.2, 0.25) is 5.91 Å². The van der Waals surface area contributed by atoms with Crippen molar-refractivity contribution in [1.82, 2.24) is 4.57 Å². The highest BCUT2D eigenvalue weighted by Crippen LogP contribution is 2.23. The van der Waals surface area contributed by atoms with Gasteiger partial charge in [0.1, 0.15) is 0 Å². The smallest absolute Gasteiger partial charge is 0.226 e. The predicted octanol–water partition coefficient (Wildman–Crippen LogP) is 4.67. The summed E-state index contributed by atoms with van der Waals surface area (Å²) in [6.45, 7) is 2.09. The van der Waals surface area contributed by atoms with E-state index in [4.69, 9.17) is 0 Å². The molecule has 0 bridgehead atoms. The molecule has 3 aromatic rings. The van der Waals surface area contributed by atoms with E-state index in [1.165, 1.54) is 0 Å². The Bertz CT molecular complexity index is 779. The Morgan fingerprint density at radius 1 is 0.958 bits per heavy atom. The lowest BCUT2D eigenvalue weighted by Gasteiger charge is -2.20. The first kappa shape index (κ1) is 16.1. The molecule has 1 aromatic heterocycles. The molecule has 0 aliphatic carbocycles. The van der Waals surface area contributed by atoms with E-state index in [0.29, 0.717) is 6.42 Å². The van der Waals surface area contributed by atoms with Crippen LogP contribution in [0.1, 0.15) is 30.5 Å². The fourth-order valence-electron chi connectivity index (χ4n) is 2.95. The number of carbonyl (C=O) groups excluding carboxylic acids is 1. The summed E-state index contributed by atoms with van der Waals surface area (Å²) in [6.07, 6.45) is 5.31. The van der Waals surface area contributed by atoms with E-state index in [1.54, 1.807) is 0 Å². The van der Waals surface area contributed by atoms with Gasteiger partial charge in [-0.1, -0.05) is 55.5 Å². The number of nitrogens with zero attached hydrogens (tertiary/aromatic N) is 1. The molecule has 3 nitrogen and oxygen atoms in total. The predicted molar refractivity (Wildman–Crippen MR) is 98.1 cm³/mol. The Hall–Kier alpha value is -2.81. The Morgan fingerprint density at radius 2 is 1.62 bits per heavy atom. The van der Waals surface area contributed by atoms with Gasteiger partial charge < -0.3 is 9.88 Å². The SMILES string of the molecule is CCc1ccccc1NC(=O)CC(c1ccccc1)n1cccc1. The zero-order chi connectivity index (χ0) is 16.8. The van der Waals surface area contributed by atoms with Crippen LogP contribution in [-0.4, -0.2) is 10.5 Å². The molecule has 0 spiro atoms. The number of anilines is 1. The third kappa shape index (κ3) is 3.74. The Morgan fingerprint density at radius 3 is 2.33 bits per heavy atom. The lowest BCUT2D eigenvalue weighted by molar-refractivity contribution is -0.116. The Labute approximate surface area is 143 Å². The number of nitrogens with one attached hydrogen (secondary N) is 1. The minimum atomic E-state index is -0.00464. The average Bonchev–Trinajstić information content (AvgIpc) is 3.15. The molecule has 0 saturated heterocycles. The summed E-state index contributed by atoms with van der Waals surface area (Å²) in [5, 5.41) is 3.07. The van der Waals surface area contributed by atoms with Gasteiger partial charge in [0, 0.05) is 18.1 Å². The fraction of sp³-hybridized carbons (Fsp3) is 0.190. The number of para-hydroxylation sites is 1. The highest BCUT2D eigenvalue weighted by atomic mass is 16.1. The van der Waals surface area contributed by atoms with Gasteiger partial charge in [0.15, 0.2) is 0 Å². The van der Waals surface area contributed by atoms with E-state index in [9.17, 15) is 4.79 Å². The van der Waals surface area contributed by atoms with Crippen LogP contribution in [0.5, 0.6) is 0 Å². The molecule has 24 heavy (non-hydrogen) atoms. The van der Waals surface area contributed by atoms with E-state index in [2.05, 4.69) is 35.0 Å². The number of rotatable bonds is 6. The van der Waals surface area contributed by atoms with E-state index >= 15 is 0 Å². The summed E-state index contributed by atoms with van der Waals surface area (Å²) >= 11 is 0. The van der Waals surface area contributed by atoms with Crippen molar-refractivity contribution in [1.29, 1.82) is 0 Å². The number of hydrogen-bond donors (Lipinski definition) is 1. The van der Waals surface area contributed by atoms with Crippen LogP contribution in [0.15, 0.2) is 79.1 Å². The molecule has 1 unspecified atom stereocenters. The minimum Gasteiger partial charge on any atom is -0.346 e. The maximum atomic E-state index is 12.6. The molecule has 0 aliphatic rings. The maximum Gasteiger partial charge on any atom is 0.226 e. The Kier molecular flexibility index (Phi) is 5.12. The van der Waals surface area contributed by atoms with Crippen molar-refractivity contribution < 1.29 is 4.79 Å². The standard InChI is InChI=1S/C21H22N2O/c1-2-17-10-6-7-13-19(17)22-21(24)16-20(23-14-8-9-15-23)18-11-4-3-5-12-18/h3-15,20H,2,16H2,1H3,(H,22,24). The normalized spacial score (nSPS) is 11.9. The fourth-order valence-corrected chi connectivity index (χ4v) is 2.95. The second-order valence-corrected chi connectivity index (χ2v) is 5.82. The molecule has 1 atom stereocenters. The first-order valence-corrected chi connectivity index (χ1v) is 8.33. The number of benzene rings is 2. The molecule has 3 heteroatoms. The average molecular weight is 318 g/mol. The van der Waals surface area contributed by atoms with Gasteiger partial charge in [0.25, 0.3) is 0 Å². The third-order valence-corrected chi connectivity index (χ3v) is 4.22. The summed E-state index contributed by atoms with van der Waals surface area (Å²) in [6, 6.07) is 22.1. The summed E-state index contributed by atoms with van der Waals surface area (Å²) < 4.78 is 2.08. The molecule has 122 valence electrons. The second kappa shape index (κ2) is 7.64. The van der Waals surface area contributed by atoms with Gasteiger partial charge in [-0.2, -0.15) is 0 Å². The molecule has 0 radical (unpaired) electrons. The third-order valence-electron chi connectivity index (χ3n) is 4.22. The summed E-state index contributed by atoms with van der Waals surface area (Å²) in [4.78, 5) is 12.6. The van der Waals surface area contributed by atoms with Crippen LogP contribution in [0.2, 0.25) is 0 Å². The molecule has 0 saturated carbocycles. The van der Waals surface area contributed by atoms with Crippen LogP contribution >= 0.6 is 0 Å². The zero-order valence-electron chi connectivity index (χ0n) is 13.9. The number of aromatic nitrogens is 1. The van der Waals surface area contributed by atoms with Crippen molar-refractivity contribution in [2.45, 2.75) is 25.8 Å². The van der Waals surface area contributed by atoms with Crippen LogP contribution in [0.4, 0.5) is 5.69 Å². The lowest BCUT2D eigenvalue weighted by Crippen LogP contribution is -2.20. The van der Waals surface area contributed by atoms with E-state index in [1.807, 2.05) is 60.9 Å². The highest BCUT2D eigenvalue weighted by Gasteiger charge is 2.17. The number of hydrogen-bond acceptors (Lipinski definition) is 1. The van der Waals surface area contributed by atoms with Crippen molar-refractivity contribution >= 4 is 11.6 Å². The molecule has 3 rings (SSSR count). The van der Waals surface area contributed by atoms with Crippen molar-refractivity contribution in [3.63, 3.8) is 0 Å². The monoisotopic (exact) mass is 318 g/mol. The molecule has 1 N–H and O–H groups in total. The second-order valence-electron chi connectivity index (χ2n) is 5.82. The van der Waals surface area contributed by atoms with Gasteiger partial charge in [-0.3, -0.25) is 4.79 Å². The quantitative estimate of drug-likeness (QED) is 0.704. The largest absolute Gasteiger partial charge is 0.346 e. The molecule has 1 amide bonds.